The van der Waals surface area contributed by atoms with Crippen LogP contribution in [-0.4, -0.2) is 76.4 Å². The Bertz CT molecular complexity index is 901. The number of rotatable bonds is 8. The van der Waals surface area contributed by atoms with Crippen molar-refractivity contribution >= 4 is 22.4 Å². The minimum absolute atomic E-state index is 0.157. The third-order valence-corrected chi connectivity index (χ3v) is 6.27. The van der Waals surface area contributed by atoms with E-state index >= 15 is 0 Å². The summed E-state index contributed by atoms with van der Waals surface area (Å²) in [6, 6.07) is 8.43. The average Bonchev–Trinajstić information content (AvgIpc) is 3.36. The molecule has 3 aromatic heterocycles. The van der Waals surface area contributed by atoms with E-state index in [1.807, 2.05) is 26.1 Å². The lowest BCUT2D eigenvalue weighted by Crippen LogP contribution is -2.48. The molecule has 6 nitrogen and oxygen atoms in total. The number of fused-ring (bicyclic) bond motifs is 1. The lowest BCUT2D eigenvalue weighted by Gasteiger charge is -2.35. The molecular formula is C22H30N4O2S. The van der Waals surface area contributed by atoms with Gasteiger partial charge in [0.15, 0.2) is 0 Å². The summed E-state index contributed by atoms with van der Waals surface area (Å²) >= 11 is 1.76. The first-order valence-electron chi connectivity index (χ1n) is 10.3. The predicted molar refractivity (Wildman–Crippen MR) is 118 cm³/mol. The summed E-state index contributed by atoms with van der Waals surface area (Å²) in [5.74, 6) is 0. The summed E-state index contributed by atoms with van der Waals surface area (Å²) in [7, 11) is 0. The van der Waals surface area contributed by atoms with Gasteiger partial charge in [-0.3, -0.25) is 9.80 Å². The molecule has 0 aliphatic carbocycles. The molecule has 3 aromatic rings. The van der Waals surface area contributed by atoms with Crippen molar-refractivity contribution in [3.8, 4) is 10.6 Å². The van der Waals surface area contributed by atoms with Crippen molar-refractivity contribution in [2.45, 2.75) is 32.6 Å². The van der Waals surface area contributed by atoms with Crippen molar-refractivity contribution in [1.82, 2.24) is 19.8 Å². The Morgan fingerprint density at radius 2 is 1.97 bits per heavy atom. The van der Waals surface area contributed by atoms with Gasteiger partial charge in [0.25, 0.3) is 0 Å². The number of thiophene rings is 1. The van der Waals surface area contributed by atoms with Gasteiger partial charge in [-0.1, -0.05) is 6.07 Å². The van der Waals surface area contributed by atoms with E-state index in [1.54, 1.807) is 11.3 Å². The number of nitrogens with zero attached hydrogens (tertiary/aromatic N) is 3. The van der Waals surface area contributed by atoms with Gasteiger partial charge in [0.2, 0.25) is 0 Å². The van der Waals surface area contributed by atoms with Crippen LogP contribution >= 0.6 is 11.3 Å². The SMILES string of the molecule is CC(C)OCC(O)CN1CCN(Cc2c(-c3cccs3)[nH]c3ncccc23)CC1. The number of nitrogens with one attached hydrogen (secondary N) is 1. The number of hydrogen-bond acceptors (Lipinski definition) is 6. The van der Waals surface area contributed by atoms with Crippen LogP contribution in [-0.2, 0) is 11.3 Å². The molecule has 0 aromatic carbocycles. The summed E-state index contributed by atoms with van der Waals surface area (Å²) in [5, 5.41) is 13.5. The van der Waals surface area contributed by atoms with Gasteiger partial charge in [-0.15, -0.1) is 11.3 Å². The number of aliphatic hydroxyl groups is 1. The smallest absolute Gasteiger partial charge is 0.138 e. The fraction of sp³-hybridized carbons (Fsp3) is 0.500. The molecule has 1 unspecified atom stereocenters. The van der Waals surface area contributed by atoms with Crippen molar-refractivity contribution < 1.29 is 9.84 Å². The summed E-state index contributed by atoms with van der Waals surface area (Å²) in [4.78, 5) is 14.1. The van der Waals surface area contributed by atoms with Crippen molar-refractivity contribution in [1.29, 1.82) is 0 Å². The topological polar surface area (TPSA) is 64.6 Å². The summed E-state index contributed by atoms with van der Waals surface area (Å²) in [6.07, 6.45) is 1.58. The normalized spacial score (nSPS) is 17.4. The molecule has 4 heterocycles. The van der Waals surface area contributed by atoms with Crippen LogP contribution in [0.4, 0.5) is 0 Å². The van der Waals surface area contributed by atoms with E-state index in [0.29, 0.717) is 13.2 Å². The van der Waals surface area contributed by atoms with E-state index in [-0.39, 0.29) is 6.10 Å². The highest BCUT2D eigenvalue weighted by molar-refractivity contribution is 7.13. The molecule has 0 amide bonds. The zero-order valence-corrected chi connectivity index (χ0v) is 18.0. The number of β-amino-alcohol motifs (C(OH)–C–C–N with tert-alkyl or cyclic N) is 1. The Morgan fingerprint density at radius 3 is 2.69 bits per heavy atom. The van der Waals surface area contributed by atoms with Crippen molar-refractivity contribution in [2.75, 3.05) is 39.3 Å². The molecule has 1 atom stereocenters. The molecule has 1 aliphatic heterocycles. The van der Waals surface area contributed by atoms with E-state index in [9.17, 15) is 5.11 Å². The van der Waals surface area contributed by atoms with E-state index in [4.69, 9.17) is 4.74 Å². The molecule has 156 valence electrons. The van der Waals surface area contributed by atoms with Crippen LogP contribution in [0, 0.1) is 0 Å². The predicted octanol–water partition coefficient (Wildman–Crippen LogP) is 3.19. The highest BCUT2D eigenvalue weighted by Gasteiger charge is 2.22. The number of H-pyrrole nitrogens is 1. The second kappa shape index (κ2) is 9.36. The van der Waals surface area contributed by atoms with E-state index < -0.39 is 6.10 Å². The van der Waals surface area contributed by atoms with Gasteiger partial charge < -0.3 is 14.8 Å². The zero-order valence-electron chi connectivity index (χ0n) is 17.2. The maximum Gasteiger partial charge on any atom is 0.138 e. The van der Waals surface area contributed by atoms with Crippen molar-refractivity contribution in [3.63, 3.8) is 0 Å². The first-order chi connectivity index (χ1) is 14.1. The van der Waals surface area contributed by atoms with Gasteiger partial charge in [0, 0.05) is 56.4 Å². The third kappa shape index (κ3) is 5.05. The molecule has 1 saturated heterocycles. The molecule has 1 aliphatic rings. The number of hydrogen-bond donors (Lipinski definition) is 2. The fourth-order valence-electron chi connectivity index (χ4n) is 3.88. The molecular weight excluding hydrogens is 384 g/mol. The minimum atomic E-state index is -0.422. The van der Waals surface area contributed by atoms with E-state index in [0.717, 1.165) is 38.4 Å². The summed E-state index contributed by atoms with van der Waals surface area (Å²) < 4.78 is 5.53. The highest BCUT2D eigenvalue weighted by Crippen LogP contribution is 2.33. The third-order valence-electron chi connectivity index (χ3n) is 5.38. The van der Waals surface area contributed by atoms with Crippen LogP contribution in [0.1, 0.15) is 19.4 Å². The van der Waals surface area contributed by atoms with Crippen LogP contribution in [0.2, 0.25) is 0 Å². The van der Waals surface area contributed by atoms with Gasteiger partial charge in [0.1, 0.15) is 5.65 Å². The van der Waals surface area contributed by atoms with Crippen LogP contribution < -0.4 is 0 Å². The monoisotopic (exact) mass is 414 g/mol. The largest absolute Gasteiger partial charge is 0.389 e. The molecule has 2 N–H and O–H groups in total. The molecule has 7 heteroatoms. The Hall–Kier alpha value is -1.77. The van der Waals surface area contributed by atoms with Crippen LogP contribution in [0.5, 0.6) is 0 Å². The van der Waals surface area contributed by atoms with Crippen LogP contribution in [0.3, 0.4) is 0 Å². The minimum Gasteiger partial charge on any atom is -0.389 e. The molecule has 0 spiro atoms. The lowest BCUT2D eigenvalue weighted by molar-refractivity contribution is -0.0148. The first-order valence-corrected chi connectivity index (χ1v) is 11.2. The lowest BCUT2D eigenvalue weighted by atomic mass is 10.1. The maximum atomic E-state index is 10.2. The Balaban J connectivity index is 1.40. The first kappa shape index (κ1) is 20.5. The van der Waals surface area contributed by atoms with E-state index in [1.165, 1.54) is 21.5 Å². The maximum absolute atomic E-state index is 10.2. The quantitative estimate of drug-likeness (QED) is 0.593. The average molecular weight is 415 g/mol. The van der Waals surface area contributed by atoms with Gasteiger partial charge in [-0.25, -0.2) is 4.98 Å². The molecule has 29 heavy (non-hydrogen) atoms. The highest BCUT2D eigenvalue weighted by atomic mass is 32.1. The number of aromatic amines is 1. The van der Waals surface area contributed by atoms with Crippen LogP contribution in [0.15, 0.2) is 35.8 Å². The van der Waals surface area contributed by atoms with Gasteiger partial charge in [0.05, 0.1) is 29.4 Å². The summed E-state index contributed by atoms with van der Waals surface area (Å²) in [6.45, 7) is 9.91. The zero-order chi connectivity index (χ0) is 20.2. The van der Waals surface area contributed by atoms with Gasteiger partial charge in [-0.05, 0) is 37.4 Å². The van der Waals surface area contributed by atoms with Gasteiger partial charge >= 0.3 is 0 Å². The number of ether oxygens (including phenoxy) is 1. The molecule has 0 saturated carbocycles. The van der Waals surface area contributed by atoms with Gasteiger partial charge in [-0.2, -0.15) is 0 Å². The standard InChI is InChI=1S/C22H30N4O2S/c1-16(2)28-15-17(27)13-25-8-10-26(11-9-25)14-19-18-5-3-7-23-22(18)24-21(19)20-6-4-12-29-20/h3-7,12,16-17,27H,8-11,13-15H2,1-2H3,(H,23,24). The number of aromatic nitrogens is 2. The number of pyridine rings is 1. The summed E-state index contributed by atoms with van der Waals surface area (Å²) in [5.41, 5.74) is 3.48. The molecule has 0 bridgehead atoms. The molecule has 0 radical (unpaired) electrons. The Labute approximate surface area is 176 Å². The second-order valence-electron chi connectivity index (χ2n) is 7.97. The number of aliphatic hydroxyl groups excluding tert-OH is 1. The van der Waals surface area contributed by atoms with Crippen molar-refractivity contribution in [2.24, 2.45) is 0 Å². The van der Waals surface area contributed by atoms with E-state index in [2.05, 4.69) is 43.3 Å². The second-order valence-corrected chi connectivity index (χ2v) is 8.92. The number of piperazine rings is 1. The molecule has 4 rings (SSSR count). The van der Waals surface area contributed by atoms with Crippen molar-refractivity contribution in [3.05, 3.63) is 41.4 Å². The van der Waals surface area contributed by atoms with Crippen LogP contribution in [0.25, 0.3) is 21.6 Å². The fourth-order valence-corrected chi connectivity index (χ4v) is 4.63. The Morgan fingerprint density at radius 1 is 1.17 bits per heavy atom. The Kier molecular flexibility index (Phi) is 6.62. The molecule has 1 fully saturated rings.